The maximum Gasteiger partial charge on any atom is 0.253 e. The Balaban J connectivity index is 2.19. The molecule has 2 rings (SSSR count). The van der Waals surface area contributed by atoms with Gasteiger partial charge in [0, 0.05) is 18.7 Å². The van der Waals surface area contributed by atoms with Crippen molar-refractivity contribution in [2.45, 2.75) is 12.8 Å². The Morgan fingerprint density at radius 2 is 2.00 bits per heavy atom. The van der Waals surface area contributed by atoms with E-state index in [4.69, 9.17) is 4.74 Å². The molecule has 6 heteroatoms. The average Bonchev–Trinajstić information content (AvgIpc) is 3.01. The number of likely N-dealkylation sites (N-methyl/N-ethyl adjacent to an activating group) is 1. The van der Waals surface area contributed by atoms with E-state index in [2.05, 4.69) is 10.6 Å². The number of hydrogen-bond donors (Lipinski definition) is 2. The largest absolute Gasteiger partial charge is 0.495 e. The minimum Gasteiger partial charge on any atom is -0.495 e. The third-order valence-corrected chi connectivity index (χ3v) is 3.45. The zero-order valence-electron chi connectivity index (χ0n) is 12.4. The van der Waals surface area contributed by atoms with Crippen LogP contribution in [0.3, 0.4) is 0 Å². The molecule has 0 bridgehead atoms. The number of amides is 2. The first-order valence-electron chi connectivity index (χ1n) is 7.07. The van der Waals surface area contributed by atoms with Crippen molar-refractivity contribution in [3.05, 3.63) is 23.8 Å². The van der Waals surface area contributed by atoms with Gasteiger partial charge >= 0.3 is 0 Å². The molecule has 6 nitrogen and oxygen atoms in total. The SMILES string of the molecule is CNCC(=O)Nc1cc(C(=O)N2CCCC2)ccc1OC. The van der Waals surface area contributed by atoms with E-state index in [0.717, 1.165) is 25.9 Å². The smallest absolute Gasteiger partial charge is 0.253 e. The molecule has 0 unspecified atom stereocenters. The second-order valence-corrected chi connectivity index (χ2v) is 4.99. The van der Waals surface area contributed by atoms with Crippen LogP contribution < -0.4 is 15.4 Å². The van der Waals surface area contributed by atoms with Gasteiger partial charge in [-0.05, 0) is 38.1 Å². The molecule has 1 aromatic carbocycles. The number of anilines is 1. The molecule has 1 fully saturated rings. The predicted molar refractivity (Wildman–Crippen MR) is 80.7 cm³/mol. The van der Waals surface area contributed by atoms with Crippen LogP contribution in [0.1, 0.15) is 23.2 Å². The summed E-state index contributed by atoms with van der Waals surface area (Å²) in [5.74, 6) is 0.360. The first kappa shape index (κ1) is 15.3. The normalized spacial score (nSPS) is 14.1. The Hall–Kier alpha value is -2.08. The molecule has 0 atom stereocenters. The Morgan fingerprint density at radius 3 is 2.62 bits per heavy atom. The van der Waals surface area contributed by atoms with Gasteiger partial charge in [0.05, 0.1) is 19.3 Å². The Bertz CT molecular complexity index is 525. The summed E-state index contributed by atoms with van der Waals surface area (Å²) < 4.78 is 5.22. The lowest BCUT2D eigenvalue weighted by Crippen LogP contribution is -2.28. The van der Waals surface area contributed by atoms with Gasteiger partial charge < -0.3 is 20.3 Å². The van der Waals surface area contributed by atoms with Gasteiger partial charge in [-0.2, -0.15) is 0 Å². The lowest BCUT2D eigenvalue weighted by atomic mass is 10.1. The monoisotopic (exact) mass is 291 g/mol. The summed E-state index contributed by atoms with van der Waals surface area (Å²) in [5.41, 5.74) is 1.08. The van der Waals surface area contributed by atoms with Gasteiger partial charge in [0.25, 0.3) is 5.91 Å². The fourth-order valence-electron chi connectivity index (χ4n) is 2.40. The molecule has 21 heavy (non-hydrogen) atoms. The van der Waals surface area contributed by atoms with E-state index in [1.54, 1.807) is 25.2 Å². The van der Waals surface area contributed by atoms with E-state index in [-0.39, 0.29) is 18.4 Å². The minimum absolute atomic E-state index is 0.000677. The predicted octanol–water partition coefficient (Wildman–Crippen LogP) is 1.09. The molecular weight excluding hydrogens is 270 g/mol. The third-order valence-electron chi connectivity index (χ3n) is 3.45. The topological polar surface area (TPSA) is 70.7 Å². The summed E-state index contributed by atoms with van der Waals surface area (Å²) in [6.07, 6.45) is 2.10. The molecule has 2 N–H and O–H groups in total. The van der Waals surface area contributed by atoms with E-state index >= 15 is 0 Å². The molecule has 2 amide bonds. The van der Waals surface area contributed by atoms with Crippen molar-refractivity contribution in [3.63, 3.8) is 0 Å². The van der Waals surface area contributed by atoms with Crippen molar-refractivity contribution in [3.8, 4) is 5.75 Å². The zero-order valence-corrected chi connectivity index (χ0v) is 12.4. The number of likely N-dealkylation sites (tertiary alicyclic amines) is 1. The molecule has 0 aromatic heterocycles. The molecule has 1 aliphatic heterocycles. The summed E-state index contributed by atoms with van der Waals surface area (Å²) in [4.78, 5) is 25.9. The number of hydrogen-bond acceptors (Lipinski definition) is 4. The van der Waals surface area contributed by atoms with E-state index in [0.29, 0.717) is 17.0 Å². The van der Waals surface area contributed by atoms with Crippen LogP contribution in [0.2, 0.25) is 0 Å². The van der Waals surface area contributed by atoms with Crippen LogP contribution in [0.15, 0.2) is 18.2 Å². The van der Waals surface area contributed by atoms with Gasteiger partial charge in [0.15, 0.2) is 0 Å². The first-order valence-corrected chi connectivity index (χ1v) is 7.07. The molecule has 0 saturated carbocycles. The second kappa shape index (κ2) is 7.08. The van der Waals surface area contributed by atoms with Crippen molar-refractivity contribution in [1.82, 2.24) is 10.2 Å². The summed E-state index contributed by atoms with van der Waals surface area (Å²) in [6, 6.07) is 5.11. The number of ether oxygens (including phenoxy) is 1. The second-order valence-electron chi connectivity index (χ2n) is 4.99. The van der Waals surface area contributed by atoms with Crippen LogP contribution in [-0.2, 0) is 4.79 Å². The lowest BCUT2D eigenvalue weighted by molar-refractivity contribution is -0.115. The van der Waals surface area contributed by atoms with Gasteiger partial charge in [-0.15, -0.1) is 0 Å². The highest BCUT2D eigenvalue weighted by Crippen LogP contribution is 2.26. The number of nitrogens with zero attached hydrogens (tertiary/aromatic N) is 1. The molecule has 0 radical (unpaired) electrons. The molecule has 0 spiro atoms. The summed E-state index contributed by atoms with van der Waals surface area (Å²) in [5, 5.41) is 5.53. The quantitative estimate of drug-likeness (QED) is 0.852. The first-order chi connectivity index (χ1) is 10.2. The van der Waals surface area contributed by atoms with E-state index in [1.165, 1.54) is 7.11 Å². The van der Waals surface area contributed by atoms with Crippen LogP contribution in [0.25, 0.3) is 0 Å². The molecule has 1 saturated heterocycles. The molecule has 1 heterocycles. The van der Waals surface area contributed by atoms with E-state index in [1.807, 2.05) is 4.90 Å². The standard InChI is InChI=1S/C15H21N3O3/c1-16-10-14(19)17-12-9-11(5-6-13(12)21-2)15(20)18-7-3-4-8-18/h5-6,9,16H,3-4,7-8,10H2,1-2H3,(H,17,19). The van der Waals surface area contributed by atoms with Crippen LogP contribution in [0.5, 0.6) is 5.75 Å². The highest BCUT2D eigenvalue weighted by molar-refractivity contribution is 5.98. The number of nitrogens with one attached hydrogen (secondary N) is 2. The fourth-order valence-corrected chi connectivity index (χ4v) is 2.40. The van der Waals surface area contributed by atoms with Gasteiger partial charge in [0.2, 0.25) is 5.91 Å². The number of carbonyl (C=O) groups is 2. The maximum atomic E-state index is 12.4. The van der Waals surface area contributed by atoms with Gasteiger partial charge in [-0.3, -0.25) is 9.59 Å². The fraction of sp³-hybridized carbons (Fsp3) is 0.467. The summed E-state index contributed by atoms with van der Waals surface area (Å²) >= 11 is 0. The van der Waals surface area contributed by atoms with Crippen LogP contribution >= 0.6 is 0 Å². The number of rotatable bonds is 5. The maximum absolute atomic E-state index is 12.4. The van der Waals surface area contributed by atoms with Crippen LogP contribution in [0, 0.1) is 0 Å². The molecule has 0 aliphatic carbocycles. The third kappa shape index (κ3) is 3.72. The lowest BCUT2D eigenvalue weighted by Gasteiger charge is -2.17. The minimum atomic E-state index is -0.179. The Morgan fingerprint density at radius 1 is 1.29 bits per heavy atom. The molecule has 1 aliphatic rings. The molecule has 1 aromatic rings. The molecular formula is C15H21N3O3. The van der Waals surface area contributed by atoms with Crippen molar-refractivity contribution in [2.24, 2.45) is 0 Å². The number of benzene rings is 1. The van der Waals surface area contributed by atoms with Gasteiger partial charge in [0.1, 0.15) is 5.75 Å². The van der Waals surface area contributed by atoms with Crippen molar-refractivity contribution < 1.29 is 14.3 Å². The van der Waals surface area contributed by atoms with E-state index < -0.39 is 0 Å². The average molecular weight is 291 g/mol. The summed E-state index contributed by atoms with van der Waals surface area (Å²) in [7, 11) is 3.23. The Kier molecular flexibility index (Phi) is 5.16. The Labute approximate surface area is 124 Å². The van der Waals surface area contributed by atoms with Gasteiger partial charge in [-0.25, -0.2) is 0 Å². The number of carbonyl (C=O) groups excluding carboxylic acids is 2. The van der Waals surface area contributed by atoms with Crippen molar-refractivity contribution in [2.75, 3.05) is 39.1 Å². The van der Waals surface area contributed by atoms with Crippen LogP contribution in [-0.4, -0.2) is 50.5 Å². The van der Waals surface area contributed by atoms with Crippen molar-refractivity contribution in [1.29, 1.82) is 0 Å². The van der Waals surface area contributed by atoms with Crippen molar-refractivity contribution >= 4 is 17.5 Å². The zero-order chi connectivity index (χ0) is 15.2. The van der Waals surface area contributed by atoms with Gasteiger partial charge in [-0.1, -0.05) is 0 Å². The molecule has 114 valence electrons. The van der Waals surface area contributed by atoms with Crippen LogP contribution in [0.4, 0.5) is 5.69 Å². The highest BCUT2D eigenvalue weighted by Gasteiger charge is 2.20. The number of methoxy groups -OCH3 is 1. The van der Waals surface area contributed by atoms with E-state index in [9.17, 15) is 9.59 Å². The highest BCUT2D eigenvalue weighted by atomic mass is 16.5. The summed E-state index contributed by atoms with van der Waals surface area (Å²) in [6.45, 7) is 1.80.